The normalized spacial score (nSPS) is 15.1. The number of rotatable bonds is 10. The van der Waals surface area contributed by atoms with Crippen molar-refractivity contribution in [3.63, 3.8) is 0 Å². The van der Waals surface area contributed by atoms with Crippen molar-refractivity contribution in [3.05, 3.63) is 85.0 Å². The molecule has 4 unspecified atom stereocenters. The highest BCUT2D eigenvalue weighted by atomic mass is 16.5. The van der Waals surface area contributed by atoms with Crippen LogP contribution in [-0.2, 0) is 0 Å². The zero-order chi connectivity index (χ0) is 22.4. The van der Waals surface area contributed by atoms with Crippen LogP contribution in [0.4, 0.5) is 0 Å². The van der Waals surface area contributed by atoms with Gasteiger partial charge in [-0.3, -0.25) is 0 Å². The molecule has 7 nitrogen and oxygen atoms in total. The number of hydrogen-bond acceptors (Lipinski definition) is 6. The van der Waals surface area contributed by atoms with Crippen molar-refractivity contribution in [1.82, 2.24) is 9.55 Å². The minimum Gasteiger partial charge on any atom is -0.490 e. The Balaban J connectivity index is 1.83. The van der Waals surface area contributed by atoms with Crippen LogP contribution in [0.5, 0.6) is 5.75 Å². The van der Waals surface area contributed by atoms with Crippen molar-refractivity contribution < 1.29 is 20.1 Å². The van der Waals surface area contributed by atoms with Crippen LogP contribution < -0.4 is 10.5 Å². The van der Waals surface area contributed by atoms with Gasteiger partial charge in [0.15, 0.2) is 0 Å². The van der Waals surface area contributed by atoms with E-state index in [2.05, 4.69) is 11.6 Å². The van der Waals surface area contributed by atoms with Crippen LogP contribution in [0.3, 0.4) is 0 Å². The van der Waals surface area contributed by atoms with E-state index in [4.69, 9.17) is 10.5 Å². The third-order valence-corrected chi connectivity index (χ3v) is 5.11. The van der Waals surface area contributed by atoms with Gasteiger partial charge in [-0.15, -0.1) is 6.58 Å². The van der Waals surface area contributed by atoms with Gasteiger partial charge < -0.3 is 30.4 Å². The maximum atomic E-state index is 11.0. The Morgan fingerprint density at radius 2 is 1.84 bits per heavy atom. The molecular formula is C24H29N3O4. The lowest BCUT2D eigenvalue weighted by Crippen LogP contribution is -2.26. The number of imidazole rings is 1. The monoisotopic (exact) mass is 423 g/mol. The number of hydrogen-bond donors (Lipinski definition) is 4. The van der Waals surface area contributed by atoms with Crippen molar-refractivity contribution >= 4 is 0 Å². The van der Waals surface area contributed by atoms with Gasteiger partial charge in [0, 0.05) is 24.5 Å². The summed E-state index contributed by atoms with van der Waals surface area (Å²) >= 11 is 0. The molecule has 4 atom stereocenters. The number of ether oxygens (including phenoxy) is 1. The largest absolute Gasteiger partial charge is 0.490 e. The first-order valence-electron chi connectivity index (χ1n) is 10.2. The van der Waals surface area contributed by atoms with E-state index in [1.54, 1.807) is 30.0 Å². The Hall–Kier alpha value is -2.97. The van der Waals surface area contributed by atoms with Gasteiger partial charge in [-0.25, -0.2) is 4.98 Å². The molecule has 3 rings (SSSR count). The van der Waals surface area contributed by atoms with Gasteiger partial charge in [-0.1, -0.05) is 48.5 Å². The van der Waals surface area contributed by atoms with Crippen molar-refractivity contribution in [3.8, 4) is 16.9 Å². The molecule has 0 radical (unpaired) electrons. The van der Waals surface area contributed by atoms with Crippen LogP contribution in [-0.4, -0.2) is 44.1 Å². The molecule has 0 aliphatic carbocycles. The fourth-order valence-corrected chi connectivity index (χ4v) is 3.44. The number of aliphatic hydroxyl groups is 3. The molecule has 0 aliphatic heterocycles. The third kappa shape index (κ3) is 5.21. The average molecular weight is 424 g/mol. The molecule has 3 aromatic rings. The van der Waals surface area contributed by atoms with Crippen LogP contribution in [0.15, 0.2) is 73.6 Å². The fourth-order valence-electron chi connectivity index (χ4n) is 3.44. The van der Waals surface area contributed by atoms with E-state index in [1.807, 2.05) is 48.5 Å². The Morgan fingerprint density at radius 1 is 1.13 bits per heavy atom. The molecule has 0 fully saturated rings. The van der Waals surface area contributed by atoms with Crippen LogP contribution >= 0.6 is 0 Å². The standard InChI is InChI=1S/C24H29N3O4/c1-3-21(27-13-12-26-24(27)16(2)28)23(30)18-10-8-17(9-11-18)20-6-4-5-7-22(20)31-15-19(29)14-25/h3-13,16,19,21,23,28-30H,1,14-15,25H2,2H3. The van der Waals surface area contributed by atoms with Crippen LogP contribution in [0, 0.1) is 0 Å². The second-order valence-corrected chi connectivity index (χ2v) is 7.36. The summed E-state index contributed by atoms with van der Waals surface area (Å²) in [5.74, 6) is 1.11. The van der Waals surface area contributed by atoms with Crippen molar-refractivity contribution in [2.24, 2.45) is 5.73 Å². The van der Waals surface area contributed by atoms with E-state index >= 15 is 0 Å². The predicted octanol–water partition coefficient (Wildman–Crippen LogP) is 2.76. The zero-order valence-corrected chi connectivity index (χ0v) is 17.5. The number of benzene rings is 2. The second-order valence-electron chi connectivity index (χ2n) is 7.36. The minimum absolute atomic E-state index is 0.113. The second kappa shape index (κ2) is 10.4. The van der Waals surface area contributed by atoms with Crippen LogP contribution in [0.2, 0.25) is 0 Å². The van der Waals surface area contributed by atoms with Gasteiger partial charge in [-0.05, 0) is 24.1 Å². The number of nitrogens with zero attached hydrogens (tertiary/aromatic N) is 2. The van der Waals surface area contributed by atoms with Crippen molar-refractivity contribution in [2.45, 2.75) is 31.3 Å². The van der Waals surface area contributed by atoms with E-state index in [0.29, 0.717) is 17.1 Å². The van der Waals surface area contributed by atoms with E-state index in [-0.39, 0.29) is 13.2 Å². The van der Waals surface area contributed by atoms with Gasteiger partial charge in [0.25, 0.3) is 0 Å². The number of aromatic nitrogens is 2. The highest BCUT2D eigenvalue weighted by molar-refractivity contribution is 5.70. The first-order chi connectivity index (χ1) is 15.0. The van der Waals surface area contributed by atoms with Crippen LogP contribution in [0.25, 0.3) is 11.1 Å². The van der Waals surface area contributed by atoms with E-state index < -0.39 is 24.4 Å². The Kier molecular flexibility index (Phi) is 7.59. The smallest absolute Gasteiger partial charge is 0.137 e. The summed E-state index contributed by atoms with van der Waals surface area (Å²) in [6.45, 7) is 5.72. The molecule has 7 heteroatoms. The summed E-state index contributed by atoms with van der Waals surface area (Å²) in [6, 6.07) is 14.6. The lowest BCUT2D eigenvalue weighted by Gasteiger charge is -2.24. The summed E-state index contributed by atoms with van der Waals surface area (Å²) in [7, 11) is 0. The number of aliphatic hydroxyl groups excluding tert-OH is 3. The molecule has 0 amide bonds. The molecule has 1 heterocycles. The summed E-state index contributed by atoms with van der Waals surface area (Å²) in [6.07, 6.45) is 2.59. The molecular weight excluding hydrogens is 394 g/mol. The quantitative estimate of drug-likeness (QED) is 0.373. The van der Waals surface area contributed by atoms with Gasteiger partial charge in [0.2, 0.25) is 0 Å². The average Bonchev–Trinajstić information content (AvgIpc) is 3.28. The molecule has 0 aliphatic rings. The maximum absolute atomic E-state index is 11.0. The maximum Gasteiger partial charge on any atom is 0.137 e. The summed E-state index contributed by atoms with van der Waals surface area (Å²) in [5, 5.41) is 30.6. The summed E-state index contributed by atoms with van der Waals surface area (Å²) < 4.78 is 7.46. The molecule has 0 bridgehead atoms. The van der Waals surface area contributed by atoms with Gasteiger partial charge in [0.1, 0.15) is 36.5 Å². The number of nitrogens with two attached hydrogens (primary N) is 1. The predicted molar refractivity (Wildman–Crippen MR) is 119 cm³/mol. The lowest BCUT2D eigenvalue weighted by atomic mass is 9.97. The van der Waals surface area contributed by atoms with Crippen LogP contribution in [0.1, 0.15) is 36.6 Å². The highest BCUT2D eigenvalue weighted by Crippen LogP contribution is 2.33. The molecule has 5 N–H and O–H groups in total. The molecule has 0 spiro atoms. The first kappa shape index (κ1) is 22.7. The number of para-hydroxylation sites is 1. The molecule has 164 valence electrons. The van der Waals surface area contributed by atoms with Gasteiger partial charge >= 0.3 is 0 Å². The first-order valence-corrected chi connectivity index (χ1v) is 10.2. The van der Waals surface area contributed by atoms with Crippen molar-refractivity contribution in [2.75, 3.05) is 13.2 Å². The summed E-state index contributed by atoms with van der Waals surface area (Å²) in [5.41, 5.74) is 7.94. The van der Waals surface area contributed by atoms with E-state index in [0.717, 1.165) is 11.1 Å². The summed E-state index contributed by atoms with van der Waals surface area (Å²) in [4.78, 5) is 4.17. The van der Waals surface area contributed by atoms with E-state index in [9.17, 15) is 15.3 Å². The Bertz CT molecular complexity index is 984. The minimum atomic E-state index is -0.871. The molecule has 0 saturated heterocycles. The van der Waals surface area contributed by atoms with Gasteiger partial charge in [0.05, 0.1) is 6.04 Å². The molecule has 31 heavy (non-hydrogen) atoms. The van der Waals surface area contributed by atoms with E-state index in [1.165, 1.54) is 0 Å². The fraction of sp³-hybridized carbons (Fsp3) is 0.292. The highest BCUT2D eigenvalue weighted by Gasteiger charge is 2.23. The Morgan fingerprint density at radius 3 is 2.48 bits per heavy atom. The third-order valence-electron chi connectivity index (χ3n) is 5.11. The van der Waals surface area contributed by atoms with Crippen molar-refractivity contribution in [1.29, 1.82) is 0 Å². The molecule has 0 saturated carbocycles. The Labute approximate surface area is 182 Å². The molecule has 1 aromatic heterocycles. The van der Waals surface area contributed by atoms with Gasteiger partial charge in [-0.2, -0.15) is 0 Å². The lowest BCUT2D eigenvalue weighted by molar-refractivity contribution is 0.114. The zero-order valence-electron chi connectivity index (χ0n) is 17.5. The SMILES string of the molecule is C=CC(C(O)c1ccc(-c2ccccc2OCC(O)CN)cc1)n1ccnc1C(C)O. The molecule has 2 aromatic carbocycles. The topological polar surface area (TPSA) is 114 Å².